The number of pyridine rings is 1. The van der Waals surface area contributed by atoms with E-state index in [2.05, 4.69) is 15.3 Å². The molecule has 2 aromatic rings. The largest absolute Gasteiger partial charge is 0.441 e. The molecule has 0 saturated carbocycles. The van der Waals surface area contributed by atoms with Gasteiger partial charge in [0, 0.05) is 31.8 Å². The summed E-state index contributed by atoms with van der Waals surface area (Å²) in [5, 5.41) is 3.31. The van der Waals surface area contributed by atoms with E-state index < -0.39 is 0 Å². The summed E-state index contributed by atoms with van der Waals surface area (Å²) < 4.78 is 5.85. The predicted molar refractivity (Wildman–Crippen MR) is 91.7 cm³/mol. The van der Waals surface area contributed by atoms with Crippen molar-refractivity contribution in [2.24, 2.45) is 5.92 Å². The molecule has 1 atom stereocenters. The van der Waals surface area contributed by atoms with E-state index in [1.165, 1.54) is 0 Å². The van der Waals surface area contributed by atoms with Gasteiger partial charge in [-0.1, -0.05) is 0 Å². The average Bonchev–Trinajstić information content (AvgIpc) is 3.24. The van der Waals surface area contributed by atoms with Gasteiger partial charge in [0.15, 0.2) is 0 Å². The number of amides is 1. The van der Waals surface area contributed by atoms with E-state index in [0.29, 0.717) is 31.3 Å². The van der Waals surface area contributed by atoms with Crippen molar-refractivity contribution in [2.45, 2.75) is 25.8 Å². The van der Waals surface area contributed by atoms with Gasteiger partial charge in [-0.25, -0.2) is 4.98 Å². The molecule has 1 fully saturated rings. The minimum absolute atomic E-state index is 0. The highest BCUT2D eigenvalue weighted by Gasteiger charge is 2.28. The van der Waals surface area contributed by atoms with E-state index in [-0.39, 0.29) is 18.3 Å². The second-order valence-corrected chi connectivity index (χ2v) is 6.26. The first-order valence-corrected chi connectivity index (χ1v) is 8.17. The van der Waals surface area contributed by atoms with Crippen molar-refractivity contribution in [1.29, 1.82) is 0 Å². The van der Waals surface area contributed by atoms with Gasteiger partial charge in [0.2, 0.25) is 11.8 Å². The Hall–Kier alpha value is -1.92. The fourth-order valence-corrected chi connectivity index (χ4v) is 3.29. The van der Waals surface area contributed by atoms with Gasteiger partial charge in [-0.05, 0) is 37.6 Å². The molecule has 1 amide bonds. The molecule has 0 spiro atoms. The number of carbonyl (C=O) groups excluding carboxylic acids is 1. The molecule has 0 bridgehead atoms. The molecular formula is C17H21ClN4O2. The summed E-state index contributed by atoms with van der Waals surface area (Å²) in [6.45, 7) is 3.26. The van der Waals surface area contributed by atoms with Crippen molar-refractivity contribution in [1.82, 2.24) is 20.2 Å². The van der Waals surface area contributed by atoms with Crippen LogP contribution in [-0.4, -0.2) is 40.4 Å². The Morgan fingerprint density at radius 3 is 3.12 bits per heavy atom. The first-order chi connectivity index (χ1) is 11.3. The van der Waals surface area contributed by atoms with Crippen LogP contribution < -0.4 is 5.32 Å². The zero-order valence-electron chi connectivity index (χ0n) is 13.4. The second-order valence-electron chi connectivity index (χ2n) is 6.26. The fraction of sp³-hybridized carbons (Fsp3) is 0.471. The third-order valence-corrected chi connectivity index (χ3v) is 4.61. The highest BCUT2D eigenvalue weighted by atomic mass is 35.5. The summed E-state index contributed by atoms with van der Waals surface area (Å²) in [6.07, 6.45) is 5.94. The third kappa shape index (κ3) is 3.44. The standard InChI is InChI=1S/C17H20N4O2.ClH/c22-16(8-12-3-6-19-9-12)21-7-4-15-14(11-21)20-17(23-15)13-2-1-5-18-10-13;/h1-2,5,10,12,19H,3-4,6-9,11H2;1H. The van der Waals surface area contributed by atoms with E-state index in [1.807, 2.05) is 17.0 Å². The minimum atomic E-state index is 0. The minimum Gasteiger partial charge on any atom is -0.441 e. The monoisotopic (exact) mass is 348 g/mol. The molecule has 6 nitrogen and oxygen atoms in total. The lowest BCUT2D eigenvalue weighted by atomic mass is 10.0. The molecule has 4 rings (SSSR count). The Kier molecular flexibility index (Phi) is 5.16. The molecule has 0 radical (unpaired) electrons. The van der Waals surface area contributed by atoms with E-state index in [4.69, 9.17) is 4.42 Å². The van der Waals surface area contributed by atoms with Crippen molar-refractivity contribution in [2.75, 3.05) is 19.6 Å². The first-order valence-electron chi connectivity index (χ1n) is 8.17. The van der Waals surface area contributed by atoms with Crippen LogP contribution in [0.15, 0.2) is 28.9 Å². The number of hydrogen-bond donors (Lipinski definition) is 1. The lowest BCUT2D eigenvalue weighted by Crippen LogP contribution is -2.36. The Labute approximate surface area is 147 Å². The highest BCUT2D eigenvalue weighted by Crippen LogP contribution is 2.26. The van der Waals surface area contributed by atoms with E-state index in [1.54, 1.807) is 12.4 Å². The quantitative estimate of drug-likeness (QED) is 0.919. The topological polar surface area (TPSA) is 71.3 Å². The molecule has 2 aliphatic rings. The van der Waals surface area contributed by atoms with Gasteiger partial charge in [0.05, 0.1) is 12.1 Å². The SMILES string of the molecule is Cl.O=C(CC1CCNC1)N1CCc2oc(-c3cccnc3)nc2C1. The summed E-state index contributed by atoms with van der Waals surface area (Å²) in [5.41, 5.74) is 1.75. The van der Waals surface area contributed by atoms with Gasteiger partial charge in [-0.15, -0.1) is 12.4 Å². The highest BCUT2D eigenvalue weighted by molar-refractivity contribution is 5.85. The van der Waals surface area contributed by atoms with Crippen molar-refractivity contribution in [3.63, 3.8) is 0 Å². The molecule has 0 aromatic carbocycles. The van der Waals surface area contributed by atoms with E-state index >= 15 is 0 Å². The van der Waals surface area contributed by atoms with Crippen molar-refractivity contribution in [3.8, 4) is 11.5 Å². The van der Waals surface area contributed by atoms with Gasteiger partial charge in [-0.3, -0.25) is 9.78 Å². The lowest BCUT2D eigenvalue weighted by molar-refractivity contribution is -0.133. The Morgan fingerprint density at radius 1 is 1.46 bits per heavy atom. The van der Waals surface area contributed by atoms with Crippen LogP contribution in [-0.2, 0) is 17.8 Å². The molecule has 1 saturated heterocycles. The van der Waals surface area contributed by atoms with Gasteiger partial charge in [0.1, 0.15) is 11.5 Å². The molecule has 4 heterocycles. The van der Waals surface area contributed by atoms with Crippen LogP contribution >= 0.6 is 12.4 Å². The summed E-state index contributed by atoms with van der Waals surface area (Å²) in [5.74, 6) is 2.20. The van der Waals surface area contributed by atoms with Crippen LogP contribution in [0, 0.1) is 5.92 Å². The van der Waals surface area contributed by atoms with Crippen LogP contribution in [0.5, 0.6) is 0 Å². The van der Waals surface area contributed by atoms with Gasteiger partial charge in [0.25, 0.3) is 0 Å². The Balaban J connectivity index is 0.00000169. The van der Waals surface area contributed by atoms with Crippen LogP contribution in [0.25, 0.3) is 11.5 Å². The van der Waals surface area contributed by atoms with Gasteiger partial charge >= 0.3 is 0 Å². The molecule has 24 heavy (non-hydrogen) atoms. The number of nitrogens with one attached hydrogen (secondary N) is 1. The normalized spacial score (nSPS) is 19.7. The number of oxazole rings is 1. The molecule has 2 aromatic heterocycles. The second kappa shape index (κ2) is 7.32. The molecule has 1 N–H and O–H groups in total. The van der Waals surface area contributed by atoms with Crippen LogP contribution in [0.1, 0.15) is 24.3 Å². The Morgan fingerprint density at radius 2 is 2.38 bits per heavy atom. The summed E-state index contributed by atoms with van der Waals surface area (Å²) in [7, 11) is 0. The smallest absolute Gasteiger partial charge is 0.228 e. The van der Waals surface area contributed by atoms with Crippen molar-refractivity contribution < 1.29 is 9.21 Å². The maximum atomic E-state index is 12.5. The van der Waals surface area contributed by atoms with Crippen molar-refractivity contribution >= 4 is 18.3 Å². The molecule has 2 aliphatic heterocycles. The van der Waals surface area contributed by atoms with Gasteiger partial charge in [-0.2, -0.15) is 0 Å². The fourth-order valence-electron chi connectivity index (χ4n) is 3.29. The number of hydrogen-bond acceptors (Lipinski definition) is 5. The molecule has 1 unspecified atom stereocenters. The molecule has 128 valence electrons. The summed E-state index contributed by atoms with van der Waals surface area (Å²) in [4.78, 5) is 23.1. The van der Waals surface area contributed by atoms with Crippen LogP contribution in [0.3, 0.4) is 0 Å². The van der Waals surface area contributed by atoms with E-state index in [9.17, 15) is 4.79 Å². The molecule has 0 aliphatic carbocycles. The maximum Gasteiger partial charge on any atom is 0.228 e. The number of rotatable bonds is 3. The Bertz CT molecular complexity index is 698. The molecular weight excluding hydrogens is 328 g/mol. The first kappa shape index (κ1) is 16.9. The lowest BCUT2D eigenvalue weighted by Gasteiger charge is -2.26. The van der Waals surface area contributed by atoms with Crippen LogP contribution in [0.2, 0.25) is 0 Å². The summed E-state index contributed by atoms with van der Waals surface area (Å²) in [6, 6.07) is 3.80. The number of aromatic nitrogens is 2. The van der Waals surface area contributed by atoms with Crippen molar-refractivity contribution in [3.05, 3.63) is 36.0 Å². The summed E-state index contributed by atoms with van der Waals surface area (Å²) >= 11 is 0. The van der Waals surface area contributed by atoms with Crippen LogP contribution in [0.4, 0.5) is 0 Å². The number of carbonyl (C=O) groups is 1. The molecule has 7 heteroatoms. The number of halogens is 1. The van der Waals surface area contributed by atoms with E-state index in [0.717, 1.165) is 42.9 Å². The number of nitrogens with zero attached hydrogens (tertiary/aromatic N) is 3. The predicted octanol–water partition coefficient (Wildman–Crippen LogP) is 2.04. The zero-order chi connectivity index (χ0) is 15.6. The van der Waals surface area contributed by atoms with Gasteiger partial charge < -0.3 is 14.6 Å². The average molecular weight is 349 g/mol. The zero-order valence-corrected chi connectivity index (χ0v) is 14.2. The third-order valence-electron chi connectivity index (χ3n) is 4.61. The number of fused-ring (bicyclic) bond motifs is 1. The maximum absolute atomic E-state index is 12.5.